The van der Waals surface area contributed by atoms with Crippen LogP contribution < -0.4 is 16.0 Å². The normalized spacial score (nSPS) is 14.1. The van der Waals surface area contributed by atoms with Gasteiger partial charge in [0.25, 0.3) is 0 Å². The topological polar surface area (TPSA) is 65.5 Å². The van der Waals surface area contributed by atoms with Gasteiger partial charge in [-0.2, -0.15) is 0 Å². The van der Waals surface area contributed by atoms with Gasteiger partial charge in [-0.3, -0.25) is 9.79 Å². The van der Waals surface area contributed by atoms with Crippen molar-refractivity contribution in [3.05, 3.63) is 30.1 Å². The molecule has 7 heteroatoms. The highest BCUT2D eigenvalue weighted by atomic mass is 127. The summed E-state index contributed by atoms with van der Waals surface area (Å²) >= 11 is 0. The van der Waals surface area contributed by atoms with Crippen molar-refractivity contribution < 1.29 is 9.18 Å². The predicted molar refractivity (Wildman–Crippen MR) is 92.5 cm³/mol. The number of benzene rings is 1. The smallest absolute Gasteiger partial charge is 0.243 e. The van der Waals surface area contributed by atoms with E-state index in [9.17, 15) is 9.18 Å². The van der Waals surface area contributed by atoms with Gasteiger partial charge in [0.15, 0.2) is 5.96 Å². The second kappa shape index (κ2) is 8.81. The lowest BCUT2D eigenvalue weighted by molar-refractivity contribution is -0.115. The van der Waals surface area contributed by atoms with Crippen molar-refractivity contribution >= 4 is 41.5 Å². The number of rotatable bonds is 5. The Labute approximate surface area is 140 Å². The van der Waals surface area contributed by atoms with Crippen molar-refractivity contribution in [1.29, 1.82) is 0 Å². The average Bonchev–Trinajstić information content (AvgIpc) is 3.26. The fourth-order valence-corrected chi connectivity index (χ4v) is 1.69. The molecule has 0 spiro atoms. The minimum Gasteiger partial charge on any atom is -0.356 e. The Balaban J connectivity index is 0.00000220. The molecule has 0 heterocycles. The third-order valence-electron chi connectivity index (χ3n) is 3.02. The molecule has 116 valence electrons. The Bertz CT molecular complexity index is 488. The lowest BCUT2D eigenvalue weighted by Crippen LogP contribution is -2.42. The number of hydrogen-bond acceptors (Lipinski definition) is 2. The molecular weight excluding hydrogens is 386 g/mol. The largest absolute Gasteiger partial charge is 0.356 e. The number of aliphatic imine (C=N–C) groups is 1. The maximum absolute atomic E-state index is 12.7. The molecule has 0 bridgehead atoms. The molecule has 1 amide bonds. The van der Waals surface area contributed by atoms with Crippen LogP contribution in [0.3, 0.4) is 0 Å². The molecule has 1 aromatic carbocycles. The molecule has 3 N–H and O–H groups in total. The summed E-state index contributed by atoms with van der Waals surface area (Å²) in [5, 5.41) is 8.78. The van der Waals surface area contributed by atoms with Crippen LogP contribution in [-0.4, -0.2) is 32.0 Å². The third-order valence-corrected chi connectivity index (χ3v) is 3.02. The monoisotopic (exact) mass is 406 g/mol. The number of nitrogens with one attached hydrogen (secondary N) is 3. The van der Waals surface area contributed by atoms with Crippen molar-refractivity contribution in [2.75, 3.05) is 25.5 Å². The highest BCUT2D eigenvalue weighted by Crippen LogP contribution is 2.27. The summed E-state index contributed by atoms with van der Waals surface area (Å²) in [5.74, 6) is 0.824. The van der Waals surface area contributed by atoms with E-state index in [1.165, 1.54) is 37.1 Å². The lowest BCUT2D eigenvalue weighted by atomic mass is 10.3. The van der Waals surface area contributed by atoms with Crippen molar-refractivity contribution in [2.24, 2.45) is 10.9 Å². The van der Waals surface area contributed by atoms with E-state index in [2.05, 4.69) is 20.9 Å². The number of guanidine groups is 1. The maximum atomic E-state index is 12.7. The fraction of sp³-hybridized carbons (Fsp3) is 0.429. The van der Waals surface area contributed by atoms with E-state index >= 15 is 0 Å². The zero-order valence-electron chi connectivity index (χ0n) is 11.9. The van der Waals surface area contributed by atoms with Gasteiger partial charge in [-0.15, -0.1) is 24.0 Å². The molecule has 1 saturated carbocycles. The summed E-state index contributed by atoms with van der Waals surface area (Å²) in [7, 11) is 1.67. The van der Waals surface area contributed by atoms with Crippen LogP contribution in [0.1, 0.15) is 12.8 Å². The quantitative estimate of drug-likeness (QED) is 0.398. The van der Waals surface area contributed by atoms with Crippen molar-refractivity contribution in [1.82, 2.24) is 10.6 Å². The van der Waals surface area contributed by atoms with E-state index in [1.807, 2.05) is 0 Å². The zero-order valence-corrected chi connectivity index (χ0v) is 14.2. The summed E-state index contributed by atoms with van der Waals surface area (Å²) in [5.41, 5.74) is 0.569. The van der Waals surface area contributed by atoms with Crippen LogP contribution in [0, 0.1) is 11.7 Å². The van der Waals surface area contributed by atoms with Crippen LogP contribution in [0.2, 0.25) is 0 Å². The van der Waals surface area contributed by atoms with Crippen LogP contribution in [0.25, 0.3) is 0 Å². The van der Waals surface area contributed by atoms with Gasteiger partial charge in [-0.25, -0.2) is 4.39 Å². The molecule has 1 fully saturated rings. The van der Waals surface area contributed by atoms with Crippen LogP contribution in [0.5, 0.6) is 0 Å². The number of carbonyl (C=O) groups excluding carboxylic acids is 1. The molecule has 0 saturated heterocycles. The number of amides is 1. The number of halogens is 2. The lowest BCUT2D eigenvalue weighted by Gasteiger charge is -2.11. The molecule has 0 aromatic heterocycles. The Morgan fingerprint density at radius 3 is 2.52 bits per heavy atom. The molecule has 1 aromatic rings. The molecule has 1 aliphatic carbocycles. The van der Waals surface area contributed by atoms with E-state index in [1.54, 1.807) is 7.05 Å². The number of nitrogens with zero attached hydrogens (tertiary/aromatic N) is 1. The van der Waals surface area contributed by atoms with Gasteiger partial charge in [0.2, 0.25) is 5.91 Å². The van der Waals surface area contributed by atoms with Crippen LogP contribution in [0.15, 0.2) is 29.3 Å². The zero-order chi connectivity index (χ0) is 14.4. The van der Waals surface area contributed by atoms with Crippen molar-refractivity contribution in [3.63, 3.8) is 0 Å². The molecular formula is C14H20FIN4O. The fourth-order valence-electron chi connectivity index (χ4n) is 1.69. The highest BCUT2D eigenvalue weighted by Gasteiger charge is 2.21. The third kappa shape index (κ3) is 6.74. The first-order valence-electron chi connectivity index (χ1n) is 6.67. The molecule has 0 radical (unpaired) electrons. The number of anilines is 1. The average molecular weight is 406 g/mol. The molecule has 21 heavy (non-hydrogen) atoms. The molecule has 0 unspecified atom stereocenters. The van der Waals surface area contributed by atoms with Crippen LogP contribution in [-0.2, 0) is 4.79 Å². The van der Waals surface area contributed by atoms with E-state index in [-0.39, 0.29) is 42.2 Å². The van der Waals surface area contributed by atoms with Gasteiger partial charge in [-0.05, 0) is 43.0 Å². The Morgan fingerprint density at radius 1 is 1.29 bits per heavy atom. The summed E-state index contributed by atoms with van der Waals surface area (Å²) in [6.07, 6.45) is 2.52. The van der Waals surface area contributed by atoms with Gasteiger partial charge in [0, 0.05) is 19.3 Å². The first-order chi connectivity index (χ1) is 9.67. The van der Waals surface area contributed by atoms with Gasteiger partial charge in [-0.1, -0.05) is 0 Å². The highest BCUT2D eigenvalue weighted by molar-refractivity contribution is 14.0. The first-order valence-corrected chi connectivity index (χ1v) is 6.67. The summed E-state index contributed by atoms with van der Waals surface area (Å²) in [6.45, 7) is 1.00. The maximum Gasteiger partial charge on any atom is 0.243 e. The number of hydrogen-bond donors (Lipinski definition) is 3. The predicted octanol–water partition coefficient (Wildman–Crippen LogP) is 1.96. The van der Waals surface area contributed by atoms with Crippen molar-refractivity contribution in [2.45, 2.75) is 12.8 Å². The summed E-state index contributed by atoms with van der Waals surface area (Å²) < 4.78 is 12.7. The second-order valence-corrected chi connectivity index (χ2v) is 4.81. The van der Waals surface area contributed by atoms with Gasteiger partial charge >= 0.3 is 0 Å². The Morgan fingerprint density at radius 2 is 1.95 bits per heavy atom. The minimum atomic E-state index is -0.328. The van der Waals surface area contributed by atoms with E-state index in [4.69, 9.17) is 0 Å². The molecule has 0 atom stereocenters. The standard InChI is InChI=1S/C14H19FN4O.HI/c1-16-14(17-8-10-2-3-10)18-9-13(20)19-12-6-4-11(15)5-7-12;/h4-7,10H,2-3,8-9H2,1H3,(H,19,20)(H2,16,17,18);1H. The van der Waals surface area contributed by atoms with Crippen molar-refractivity contribution in [3.8, 4) is 0 Å². The molecule has 1 aliphatic rings. The van der Waals surface area contributed by atoms with Gasteiger partial charge < -0.3 is 16.0 Å². The Hall–Kier alpha value is -1.38. The van der Waals surface area contributed by atoms with E-state index < -0.39 is 0 Å². The SMILES string of the molecule is CN=C(NCC(=O)Nc1ccc(F)cc1)NCC1CC1.I. The van der Waals surface area contributed by atoms with Gasteiger partial charge in [0.05, 0.1) is 6.54 Å². The van der Waals surface area contributed by atoms with Crippen LogP contribution >= 0.6 is 24.0 Å². The molecule has 2 rings (SSSR count). The Kier molecular flexibility index (Phi) is 7.41. The first kappa shape index (κ1) is 17.7. The summed E-state index contributed by atoms with van der Waals surface area (Å²) in [6, 6.07) is 5.65. The van der Waals surface area contributed by atoms with Crippen LogP contribution in [0.4, 0.5) is 10.1 Å². The summed E-state index contributed by atoms with van der Waals surface area (Å²) in [4.78, 5) is 15.8. The van der Waals surface area contributed by atoms with Gasteiger partial charge in [0.1, 0.15) is 5.82 Å². The molecule has 5 nitrogen and oxygen atoms in total. The van der Waals surface area contributed by atoms with E-state index in [0.717, 1.165) is 12.5 Å². The minimum absolute atomic E-state index is 0. The van der Waals surface area contributed by atoms with E-state index in [0.29, 0.717) is 11.6 Å². The number of carbonyl (C=O) groups is 1. The second-order valence-electron chi connectivity index (χ2n) is 4.81. The molecule has 0 aliphatic heterocycles.